The quantitative estimate of drug-likeness (QED) is 0.346. The Bertz CT molecular complexity index is 1160. The SMILES string of the molecule is Fc1ccc(-c2c3c(c4ccccc4c2-c2ccc(F)cc2)CCCC3)cc1. The van der Waals surface area contributed by atoms with Crippen molar-refractivity contribution in [3.63, 3.8) is 0 Å². The van der Waals surface area contributed by atoms with E-state index < -0.39 is 0 Å². The van der Waals surface area contributed by atoms with E-state index in [-0.39, 0.29) is 11.6 Å². The fourth-order valence-electron chi connectivity index (χ4n) is 4.58. The third-order valence-corrected chi connectivity index (χ3v) is 5.81. The number of hydrogen-bond donors (Lipinski definition) is 0. The lowest BCUT2D eigenvalue weighted by molar-refractivity contribution is 0.627. The van der Waals surface area contributed by atoms with Gasteiger partial charge in [0.1, 0.15) is 11.6 Å². The van der Waals surface area contributed by atoms with E-state index in [1.807, 2.05) is 24.3 Å². The minimum Gasteiger partial charge on any atom is -0.207 e. The monoisotopic (exact) mass is 370 g/mol. The Kier molecular flexibility index (Phi) is 4.20. The van der Waals surface area contributed by atoms with Crippen molar-refractivity contribution in [1.82, 2.24) is 0 Å². The Labute approximate surface area is 163 Å². The average molecular weight is 370 g/mol. The van der Waals surface area contributed by atoms with Gasteiger partial charge in [0.05, 0.1) is 0 Å². The zero-order valence-corrected chi connectivity index (χ0v) is 15.5. The Balaban J connectivity index is 1.93. The number of rotatable bonds is 2. The second kappa shape index (κ2) is 6.87. The van der Waals surface area contributed by atoms with E-state index in [0.29, 0.717) is 0 Å². The van der Waals surface area contributed by atoms with Crippen molar-refractivity contribution in [2.45, 2.75) is 25.7 Å². The normalized spacial score (nSPS) is 13.5. The molecule has 0 nitrogen and oxygen atoms in total. The Morgan fingerprint density at radius 3 is 1.61 bits per heavy atom. The van der Waals surface area contributed by atoms with Crippen molar-refractivity contribution in [3.05, 3.63) is 95.6 Å². The molecule has 0 heterocycles. The van der Waals surface area contributed by atoms with Gasteiger partial charge in [-0.3, -0.25) is 0 Å². The molecule has 4 aromatic rings. The standard InChI is InChI=1S/C26H20F2/c27-19-13-9-17(10-14-19)25-23-7-3-1-5-21(23)22-6-2-4-8-24(22)26(25)18-11-15-20(28)16-12-18/h1,3,5,7,9-16H,2,4,6,8H2. The largest absolute Gasteiger partial charge is 0.207 e. The molecule has 0 unspecified atom stereocenters. The molecule has 1 aliphatic rings. The first-order valence-corrected chi connectivity index (χ1v) is 9.81. The van der Waals surface area contributed by atoms with Crippen LogP contribution in [0.5, 0.6) is 0 Å². The fourth-order valence-corrected chi connectivity index (χ4v) is 4.58. The van der Waals surface area contributed by atoms with Gasteiger partial charge in [0.2, 0.25) is 0 Å². The van der Waals surface area contributed by atoms with Crippen LogP contribution in [-0.4, -0.2) is 0 Å². The topological polar surface area (TPSA) is 0 Å². The van der Waals surface area contributed by atoms with Crippen LogP contribution in [-0.2, 0) is 12.8 Å². The van der Waals surface area contributed by atoms with Crippen LogP contribution < -0.4 is 0 Å². The maximum atomic E-state index is 13.6. The summed E-state index contributed by atoms with van der Waals surface area (Å²) in [6.45, 7) is 0. The van der Waals surface area contributed by atoms with Crippen molar-refractivity contribution < 1.29 is 8.78 Å². The number of hydrogen-bond acceptors (Lipinski definition) is 0. The van der Waals surface area contributed by atoms with Crippen LogP contribution in [0.2, 0.25) is 0 Å². The third-order valence-electron chi connectivity index (χ3n) is 5.81. The molecular weight excluding hydrogens is 350 g/mol. The predicted molar refractivity (Wildman–Crippen MR) is 111 cm³/mol. The molecule has 0 radical (unpaired) electrons. The first-order valence-electron chi connectivity index (χ1n) is 9.81. The second-order valence-electron chi connectivity index (χ2n) is 7.47. The molecule has 0 fully saturated rings. The molecule has 0 aliphatic heterocycles. The van der Waals surface area contributed by atoms with Gasteiger partial charge < -0.3 is 0 Å². The first kappa shape index (κ1) is 17.1. The van der Waals surface area contributed by atoms with Gasteiger partial charge in [-0.15, -0.1) is 0 Å². The molecule has 0 bridgehead atoms. The Morgan fingerprint density at radius 2 is 1.00 bits per heavy atom. The molecule has 28 heavy (non-hydrogen) atoms. The van der Waals surface area contributed by atoms with Gasteiger partial charge in [-0.2, -0.15) is 0 Å². The van der Waals surface area contributed by atoms with E-state index in [9.17, 15) is 8.78 Å². The summed E-state index contributed by atoms with van der Waals surface area (Å²) in [6, 6.07) is 22.0. The highest BCUT2D eigenvalue weighted by molar-refractivity contribution is 6.07. The molecule has 0 amide bonds. The fraction of sp³-hybridized carbons (Fsp3) is 0.154. The van der Waals surface area contributed by atoms with E-state index >= 15 is 0 Å². The molecule has 0 atom stereocenters. The number of aryl methyl sites for hydroxylation is 1. The van der Waals surface area contributed by atoms with E-state index in [2.05, 4.69) is 24.3 Å². The Morgan fingerprint density at radius 1 is 0.500 bits per heavy atom. The van der Waals surface area contributed by atoms with Crippen LogP contribution in [0.25, 0.3) is 33.0 Å². The summed E-state index contributed by atoms with van der Waals surface area (Å²) in [5.74, 6) is -0.476. The van der Waals surface area contributed by atoms with Gasteiger partial charge in [-0.25, -0.2) is 8.78 Å². The zero-order valence-electron chi connectivity index (χ0n) is 15.5. The maximum Gasteiger partial charge on any atom is 0.123 e. The molecule has 138 valence electrons. The second-order valence-corrected chi connectivity index (χ2v) is 7.47. The minimum absolute atomic E-state index is 0.235. The van der Waals surface area contributed by atoms with E-state index in [4.69, 9.17) is 0 Å². The molecule has 5 rings (SSSR count). The number of halogens is 2. The zero-order chi connectivity index (χ0) is 19.1. The number of benzene rings is 4. The highest BCUT2D eigenvalue weighted by atomic mass is 19.1. The lowest BCUT2D eigenvalue weighted by atomic mass is 9.78. The van der Waals surface area contributed by atoms with Crippen LogP contribution in [0.15, 0.2) is 72.8 Å². The summed E-state index contributed by atoms with van der Waals surface area (Å²) in [7, 11) is 0. The highest BCUT2D eigenvalue weighted by Gasteiger charge is 2.23. The van der Waals surface area contributed by atoms with Crippen LogP contribution in [0, 0.1) is 11.6 Å². The molecule has 0 saturated heterocycles. The molecule has 2 heteroatoms. The van der Waals surface area contributed by atoms with Crippen LogP contribution in [0.1, 0.15) is 24.0 Å². The van der Waals surface area contributed by atoms with Gasteiger partial charge in [0.25, 0.3) is 0 Å². The van der Waals surface area contributed by atoms with Crippen molar-refractivity contribution in [1.29, 1.82) is 0 Å². The summed E-state index contributed by atoms with van der Waals surface area (Å²) in [6.07, 6.45) is 4.42. The first-order chi connectivity index (χ1) is 13.7. The third kappa shape index (κ3) is 2.80. The van der Waals surface area contributed by atoms with Gasteiger partial charge >= 0.3 is 0 Å². The van der Waals surface area contributed by atoms with Crippen molar-refractivity contribution >= 4 is 10.8 Å². The lowest BCUT2D eigenvalue weighted by Gasteiger charge is -2.26. The molecule has 1 aliphatic carbocycles. The van der Waals surface area contributed by atoms with Gasteiger partial charge in [-0.05, 0) is 94.1 Å². The lowest BCUT2D eigenvalue weighted by Crippen LogP contribution is -2.07. The molecule has 4 aromatic carbocycles. The average Bonchev–Trinajstić information content (AvgIpc) is 2.74. The van der Waals surface area contributed by atoms with Gasteiger partial charge in [0, 0.05) is 0 Å². The smallest absolute Gasteiger partial charge is 0.123 e. The summed E-state index contributed by atoms with van der Waals surface area (Å²) >= 11 is 0. The van der Waals surface area contributed by atoms with Crippen molar-refractivity contribution in [2.24, 2.45) is 0 Å². The maximum absolute atomic E-state index is 13.6. The molecule has 0 N–H and O–H groups in total. The van der Waals surface area contributed by atoms with E-state index in [0.717, 1.165) is 36.0 Å². The summed E-state index contributed by atoms with van der Waals surface area (Å²) < 4.78 is 27.2. The summed E-state index contributed by atoms with van der Waals surface area (Å²) in [4.78, 5) is 0. The van der Waals surface area contributed by atoms with E-state index in [1.54, 1.807) is 0 Å². The summed E-state index contributed by atoms with van der Waals surface area (Å²) in [5.41, 5.74) is 7.06. The van der Waals surface area contributed by atoms with Gasteiger partial charge in [0.15, 0.2) is 0 Å². The van der Waals surface area contributed by atoms with Crippen LogP contribution >= 0.6 is 0 Å². The van der Waals surface area contributed by atoms with Crippen molar-refractivity contribution in [2.75, 3.05) is 0 Å². The van der Waals surface area contributed by atoms with E-state index in [1.165, 1.54) is 58.1 Å². The minimum atomic E-state index is -0.241. The van der Waals surface area contributed by atoms with Crippen LogP contribution in [0.3, 0.4) is 0 Å². The highest BCUT2D eigenvalue weighted by Crippen LogP contribution is 2.45. The predicted octanol–water partition coefficient (Wildman–Crippen LogP) is 7.33. The Hall–Kier alpha value is -3.00. The molecule has 0 saturated carbocycles. The summed E-state index contributed by atoms with van der Waals surface area (Å²) in [5, 5.41) is 2.46. The van der Waals surface area contributed by atoms with Gasteiger partial charge in [-0.1, -0.05) is 48.5 Å². The van der Waals surface area contributed by atoms with Crippen LogP contribution in [0.4, 0.5) is 8.78 Å². The molecular formula is C26H20F2. The van der Waals surface area contributed by atoms with Crippen molar-refractivity contribution in [3.8, 4) is 22.3 Å². The molecule has 0 spiro atoms. The number of fused-ring (bicyclic) bond motifs is 3. The molecule has 0 aromatic heterocycles.